The van der Waals surface area contributed by atoms with Gasteiger partial charge in [0, 0.05) is 22.6 Å². The molecule has 1 heterocycles. The van der Waals surface area contributed by atoms with Gasteiger partial charge in [0.15, 0.2) is 0 Å². The Kier molecular flexibility index (Phi) is 3.52. The third-order valence-electron chi connectivity index (χ3n) is 6.81. The van der Waals surface area contributed by atoms with Gasteiger partial charge < -0.3 is 5.11 Å². The lowest BCUT2D eigenvalue weighted by Crippen LogP contribution is -2.54. The largest absolute Gasteiger partial charge is 0.390 e. The summed E-state index contributed by atoms with van der Waals surface area (Å²) in [7, 11) is 0. The summed E-state index contributed by atoms with van der Waals surface area (Å²) in [6, 6.07) is 2.85. The zero-order chi connectivity index (χ0) is 17.9. The number of aliphatic hydroxyl groups is 1. The Labute approximate surface area is 146 Å². The highest BCUT2D eigenvalue weighted by atomic mass is 19.1. The second-order valence-electron chi connectivity index (χ2n) is 8.37. The Morgan fingerprint density at radius 1 is 1.16 bits per heavy atom. The normalized spacial score (nSPS) is 29.1. The van der Waals surface area contributed by atoms with Crippen molar-refractivity contribution in [3.8, 4) is 0 Å². The minimum absolute atomic E-state index is 0.0181. The average molecular weight is 342 g/mol. The molecule has 2 aromatic rings. The van der Waals surface area contributed by atoms with Crippen LogP contribution in [0.25, 0.3) is 10.9 Å². The molecule has 2 bridgehead atoms. The van der Waals surface area contributed by atoms with Crippen LogP contribution < -0.4 is 0 Å². The summed E-state index contributed by atoms with van der Waals surface area (Å²) in [6.45, 7) is 3.83. The lowest BCUT2D eigenvalue weighted by Gasteiger charge is -2.57. The molecule has 25 heavy (non-hydrogen) atoms. The maximum absolute atomic E-state index is 14.4. The van der Waals surface area contributed by atoms with Crippen LogP contribution in [0.4, 0.5) is 4.39 Å². The summed E-state index contributed by atoms with van der Waals surface area (Å²) in [5.74, 6) is 0.235. The molecule has 0 radical (unpaired) electrons. The van der Waals surface area contributed by atoms with Crippen molar-refractivity contribution in [3.63, 3.8) is 0 Å². The monoisotopic (exact) mass is 342 g/mol. The van der Waals surface area contributed by atoms with E-state index < -0.39 is 11.4 Å². The molecule has 3 aliphatic carbocycles. The van der Waals surface area contributed by atoms with E-state index in [1.165, 1.54) is 6.07 Å². The van der Waals surface area contributed by atoms with E-state index in [9.17, 15) is 14.3 Å². The van der Waals surface area contributed by atoms with Crippen molar-refractivity contribution in [1.29, 1.82) is 0 Å². The van der Waals surface area contributed by atoms with Crippen LogP contribution in [0.5, 0.6) is 0 Å². The number of aldehydes is 1. The molecule has 0 saturated heterocycles. The Morgan fingerprint density at radius 3 is 2.36 bits per heavy atom. The van der Waals surface area contributed by atoms with Crippen LogP contribution in [-0.2, 0) is 5.41 Å². The van der Waals surface area contributed by atoms with Gasteiger partial charge in [-0.05, 0) is 69.9 Å². The molecular formula is C20H23FN2O2. The molecule has 1 N–H and O–H groups in total. The van der Waals surface area contributed by atoms with Crippen molar-refractivity contribution in [2.24, 2.45) is 5.41 Å². The molecule has 1 aromatic heterocycles. The van der Waals surface area contributed by atoms with Gasteiger partial charge in [-0.1, -0.05) is 0 Å². The van der Waals surface area contributed by atoms with Gasteiger partial charge in [-0.2, -0.15) is 0 Å². The highest BCUT2D eigenvalue weighted by Crippen LogP contribution is 2.60. The number of benzene rings is 1. The maximum atomic E-state index is 14.4. The predicted molar refractivity (Wildman–Crippen MR) is 93.0 cm³/mol. The van der Waals surface area contributed by atoms with Crippen molar-refractivity contribution in [2.75, 3.05) is 0 Å². The molecule has 0 amide bonds. The summed E-state index contributed by atoms with van der Waals surface area (Å²) in [4.78, 5) is 20.0. The maximum Gasteiger partial charge on any atom is 0.150 e. The van der Waals surface area contributed by atoms with E-state index >= 15 is 0 Å². The number of carbonyl (C=O) groups is 1. The van der Waals surface area contributed by atoms with E-state index in [4.69, 9.17) is 0 Å². The topological polar surface area (TPSA) is 63.1 Å². The van der Waals surface area contributed by atoms with Crippen LogP contribution in [0.2, 0.25) is 0 Å². The number of hydrogen-bond acceptors (Lipinski definition) is 4. The van der Waals surface area contributed by atoms with Gasteiger partial charge >= 0.3 is 0 Å². The van der Waals surface area contributed by atoms with E-state index in [1.807, 2.05) is 13.8 Å². The van der Waals surface area contributed by atoms with E-state index in [2.05, 4.69) is 9.97 Å². The van der Waals surface area contributed by atoms with Crippen LogP contribution >= 0.6 is 0 Å². The third kappa shape index (κ3) is 2.40. The Morgan fingerprint density at radius 2 is 1.80 bits per heavy atom. The highest BCUT2D eigenvalue weighted by molar-refractivity contribution is 5.86. The van der Waals surface area contributed by atoms with Gasteiger partial charge in [-0.15, -0.1) is 0 Å². The molecule has 0 unspecified atom stereocenters. The molecule has 0 spiro atoms. The summed E-state index contributed by atoms with van der Waals surface area (Å²) < 4.78 is 14.4. The molecule has 4 nitrogen and oxygen atoms in total. The van der Waals surface area contributed by atoms with Gasteiger partial charge in [0.2, 0.25) is 0 Å². The van der Waals surface area contributed by atoms with Crippen LogP contribution in [0.1, 0.15) is 68.6 Å². The number of aromatic nitrogens is 2. The van der Waals surface area contributed by atoms with Gasteiger partial charge in [0.25, 0.3) is 0 Å². The van der Waals surface area contributed by atoms with E-state index in [0.29, 0.717) is 23.1 Å². The van der Waals surface area contributed by atoms with Crippen molar-refractivity contribution in [3.05, 3.63) is 35.5 Å². The van der Waals surface area contributed by atoms with Gasteiger partial charge in [-0.3, -0.25) is 4.79 Å². The van der Waals surface area contributed by atoms with E-state index in [0.717, 1.165) is 38.5 Å². The minimum atomic E-state index is -0.679. The average Bonchev–Trinajstić information content (AvgIpc) is 2.62. The second kappa shape index (κ2) is 5.31. The summed E-state index contributed by atoms with van der Waals surface area (Å²) in [6.07, 6.45) is 7.89. The standard InChI is InChI=1S/C20H23FN2O2/c1-18(2,25)20-6-3-19(4-7-20,5-8-20)17-22-11-14-9-13(12-24)10-15(21)16(14)23-17/h9-12,25H,3-8H2,1-2H3. The molecule has 3 aliphatic rings. The predicted octanol–water partition coefficient (Wildman–Crippen LogP) is 3.94. The zero-order valence-electron chi connectivity index (χ0n) is 14.7. The molecule has 1 aromatic carbocycles. The van der Waals surface area contributed by atoms with Gasteiger partial charge in [0.05, 0.1) is 5.60 Å². The van der Waals surface area contributed by atoms with Crippen molar-refractivity contribution >= 4 is 17.2 Å². The molecule has 0 atom stereocenters. The fraction of sp³-hybridized carbons (Fsp3) is 0.550. The first kappa shape index (κ1) is 16.6. The van der Waals surface area contributed by atoms with Gasteiger partial charge in [0.1, 0.15) is 23.4 Å². The quantitative estimate of drug-likeness (QED) is 0.858. The van der Waals surface area contributed by atoms with Crippen molar-refractivity contribution in [1.82, 2.24) is 9.97 Å². The van der Waals surface area contributed by atoms with Crippen LogP contribution in [-0.4, -0.2) is 27.0 Å². The lowest BCUT2D eigenvalue weighted by atomic mass is 9.49. The van der Waals surface area contributed by atoms with Crippen molar-refractivity contribution < 1.29 is 14.3 Å². The smallest absolute Gasteiger partial charge is 0.150 e. The molecule has 3 fully saturated rings. The van der Waals surface area contributed by atoms with E-state index in [-0.39, 0.29) is 16.3 Å². The Balaban J connectivity index is 1.72. The molecule has 5 heteroatoms. The zero-order valence-corrected chi connectivity index (χ0v) is 14.7. The minimum Gasteiger partial charge on any atom is -0.390 e. The number of nitrogens with zero attached hydrogens (tertiary/aromatic N) is 2. The number of rotatable bonds is 3. The summed E-state index contributed by atoms with van der Waals surface area (Å²) >= 11 is 0. The molecular weight excluding hydrogens is 319 g/mol. The number of halogens is 1. The van der Waals surface area contributed by atoms with Crippen LogP contribution in [0, 0.1) is 11.2 Å². The highest BCUT2D eigenvalue weighted by Gasteiger charge is 2.56. The fourth-order valence-electron chi connectivity index (χ4n) is 4.89. The van der Waals surface area contributed by atoms with Gasteiger partial charge in [-0.25, -0.2) is 14.4 Å². The van der Waals surface area contributed by atoms with Crippen LogP contribution in [0.15, 0.2) is 18.3 Å². The molecule has 5 rings (SSSR count). The van der Waals surface area contributed by atoms with Crippen molar-refractivity contribution in [2.45, 2.75) is 63.4 Å². The second-order valence-corrected chi connectivity index (χ2v) is 8.37. The molecule has 132 valence electrons. The van der Waals surface area contributed by atoms with E-state index in [1.54, 1.807) is 12.3 Å². The first-order chi connectivity index (χ1) is 11.8. The number of carbonyl (C=O) groups excluding carboxylic acids is 1. The summed E-state index contributed by atoms with van der Waals surface area (Å²) in [5.41, 5.74) is -0.229. The number of hydrogen-bond donors (Lipinski definition) is 1. The Bertz CT molecular complexity index is 832. The molecule has 3 saturated carbocycles. The number of fused-ring (bicyclic) bond motifs is 4. The lowest BCUT2D eigenvalue weighted by molar-refractivity contribution is -0.121. The summed E-state index contributed by atoms with van der Waals surface area (Å²) in [5, 5.41) is 11.1. The molecule has 0 aliphatic heterocycles. The first-order valence-electron chi connectivity index (χ1n) is 8.93. The first-order valence-corrected chi connectivity index (χ1v) is 8.93. The fourth-order valence-corrected chi connectivity index (χ4v) is 4.89. The Hall–Kier alpha value is -1.88. The third-order valence-corrected chi connectivity index (χ3v) is 6.81. The van der Waals surface area contributed by atoms with Crippen LogP contribution in [0.3, 0.4) is 0 Å². The SMILES string of the molecule is CC(C)(O)C12CCC(c3ncc4cc(C=O)cc(F)c4n3)(CC1)CC2.